The van der Waals surface area contributed by atoms with Crippen LogP contribution in [0.3, 0.4) is 0 Å². The van der Waals surface area contributed by atoms with E-state index in [-0.39, 0.29) is 16.7 Å². The molecule has 0 aromatic carbocycles. The first-order chi connectivity index (χ1) is 16.1. The molecule has 8 heteroatoms. The van der Waals surface area contributed by atoms with Crippen LogP contribution in [0.4, 0.5) is 0 Å². The molecular weight excluding hydrogens is 444 g/mol. The first-order valence-electron chi connectivity index (χ1n) is 13.3. The van der Waals surface area contributed by atoms with E-state index in [0.29, 0.717) is 31.2 Å². The molecule has 5 N–H and O–H groups in total. The first-order valence-corrected chi connectivity index (χ1v) is 13.3. The van der Waals surface area contributed by atoms with E-state index in [9.17, 15) is 19.2 Å². The van der Waals surface area contributed by atoms with Crippen LogP contribution in [0.1, 0.15) is 92.9 Å². The summed E-state index contributed by atoms with van der Waals surface area (Å²) in [7, 11) is 0. The van der Waals surface area contributed by atoms with Gasteiger partial charge in [0.05, 0.1) is 12.1 Å². The third kappa shape index (κ3) is 5.42. The molecule has 4 atom stereocenters. The third-order valence-corrected chi connectivity index (χ3v) is 9.68. The smallest absolute Gasteiger partial charge is 0.287 e. The van der Waals surface area contributed by atoms with Gasteiger partial charge in [0.2, 0.25) is 17.6 Å². The predicted molar refractivity (Wildman–Crippen MR) is 135 cm³/mol. The van der Waals surface area contributed by atoms with Crippen molar-refractivity contribution in [2.75, 3.05) is 6.54 Å². The number of carbonyl (C=O) groups excluding carboxylic acids is 4. The van der Waals surface area contributed by atoms with Crippen LogP contribution in [0, 0.1) is 28.1 Å². The summed E-state index contributed by atoms with van der Waals surface area (Å²) in [5, 5.41) is 2.82. The van der Waals surface area contributed by atoms with Gasteiger partial charge in [0.15, 0.2) is 0 Å². The molecule has 198 valence electrons. The number of likely N-dealkylation sites (tertiary alicyclic amines) is 1. The second-order valence-corrected chi connectivity index (χ2v) is 13.3. The number of carbonyl (C=O) groups is 4. The first kappa shape index (κ1) is 27.6. The Balaban J connectivity index is 1.88. The van der Waals surface area contributed by atoms with Crippen LogP contribution >= 0.6 is 0 Å². The van der Waals surface area contributed by atoms with Gasteiger partial charge in [0.1, 0.15) is 6.04 Å². The van der Waals surface area contributed by atoms with Gasteiger partial charge >= 0.3 is 0 Å². The minimum atomic E-state index is -1.04. The second-order valence-electron chi connectivity index (χ2n) is 13.3. The van der Waals surface area contributed by atoms with Gasteiger partial charge in [-0.1, -0.05) is 67.2 Å². The molecule has 3 fully saturated rings. The Hall–Kier alpha value is -1.96. The maximum absolute atomic E-state index is 13.7. The fourth-order valence-corrected chi connectivity index (χ4v) is 5.92. The molecule has 1 saturated heterocycles. The van der Waals surface area contributed by atoms with Crippen molar-refractivity contribution >= 4 is 23.5 Å². The quantitative estimate of drug-likeness (QED) is 0.427. The highest BCUT2D eigenvalue weighted by atomic mass is 16.2. The number of rotatable bonds is 9. The van der Waals surface area contributed by atoms with E-state index in [4.69, 9.17) is 11.5 Å². The van der Waals surface area contributed by atoms with Crippen LogP contribution in [0.25, 0.3) is 0 Å². The summed E-state index contributed by atoms with van der Waals surface area (Å²) in [6.07, 6.45) is 7.45. The molecular formula is C27H46N4O4. The number of nitrogens with two attached hydrogens (primary N) is 2. The van der Waals surface area contributed by atoms with Crippen LogP contribution in [0.2, 0.25) is 0 Å². The third-order valence-electron chi connectivity index (χ3n) is 9.68. The summed E-state index contributed by atoms with van der Waals surface area (Å²) in [6.45, 7) is 12.9. The summed E-state index contributed by atoms with van der Waals surface area (Å²) in [5.41, 5.74) is 10.9. The van der Waals surface area contributed by atoms with E-state index < -0.39 is 41.1 Å². The Labute approximate surface area is 210 Å². The van der Waals surface area contributed by atoms with Crippen molar-refractivity contribution in [3.63, 3.8) is 0 Å². The predicted octanol–water partition coefficient (Wildman–Crippen LogP) is 2.52. The molecule has 0 radical (unpaired) electrons. The molecule has 2 aliphatic carbocycles. The molecule has 0 aromatic heterocycles. The Morgan fingerprint density at radius 1 is 1.03 bits per heavy atom. The van der Waals surface area contributed by atoms with Gasteiger partial charge in [0.25, 0.3) is 5.91 Å². The average Bonchev–Trinajstić information content (AvgIpc) is 3.05. The summed E-state index contributed by atoms with van der Waals surface area (Å²) in [4.78, 5) is 53.2. The Morgan fingerprint density at radius 2 is 1.60 bits per heavy atom. The van der Waals surface area contributed by atoms with E-state index in [0.717, 1.165) is 32.1 Å². The molecule has 8 nitrogen and oxygen atoms in total. The van der Waals surface area contributed by atoms with E-state index in [1.54, 1.807) is 4.90 Å². The van der Waals surface area contributed by atoms with Crippen LogP contribution in [0.5, 0.6) is 0 Å². The van der Waals surface area contributed by atoms with Crippen molar-refractivity contribution in [2.45, 2.75) is 111 Å². The largest absolute Gasteiger partial charge is 0.363 e. The fraction of sp³-hybridized carbons (Fsp3) is 0.852. The number of Topliss-reactive ketones (excluding diaryl/α,β-unsaturated/α-hetero) is 1. The van der Waals surface area contributed by atoms with Gasteiger partial charge in [-0.05, 0) is 53.8 Å². The van der Waals surface area contributed by atoms with Gasteiger partial charge in [-0.2, -0.15) is 0 Å². The monoisotopic (exact) mass is 490 g/mol. The van der Waals surface area contributed by atoms with Crippen LogP contribution < -0.4 is 16.8 Å². The van der Waals surface area contributed by atoms with E-state index in [1.165, 1.54) is 6.42 Å². The minimum Gasteiger partial charge on any atom is -0.363 e. The summed E-state index contributed by atoms with van der Waals surface area (Å²) in [5.74, 6) is -1.62. The van der Waals surface area contributed by atoms with E-state index in [2.05, 4.69) is 26.1 Å². The van der Waals surface area contributed by atoms with E-state index >= 15 is 0 Å². The molecule has 0 spiro atoms. The van der Waals surface area contributed by atoms with Gasteiger partial charge < -0.3 is 21.7 Å². The second kappa shape index (κ2) is 9.83. The summed E-state index contributed by atoms with van der Waals surface area (Å²) in [6, 6.07) is -2.46. The number of hydrogen-bond acceptors (Lipinski definition) is 5. The molecule has 35 heavy (non-hydrogen) atoms. The molecule has 1 heterocycles. The number of nitrogens with one attached hydrogen (secondary N) is 1. The number of amides is 3. The highest BCUT2D eigenvalue weighted by Crippen LogP contribution is 2.57. The van der Waals surface area contributed by atoms with Gasteiger partial charge in [0, 0.05) is 6.54 Å². The van der Waals surface area contributed by atoms with Gasteiger partial charge in [-0.3, -0.25) is 19.2 Å². The van der Waals surface area contributed by atoms with Crippen molar-refractivity contribution in [1.29, 1.82) is 0 Å². The Morgan fingerprint density at radius 3 is 2.03 bits per heavy atom. The summed E-state index contributed by atoms with van der Waals surface area (Å²) >= 11 is 0. The highest BCUT2D eigenvalue weighted by molar-refractivity contribution is 6.37. The molecule has 0 aromatic rings. The fourth-order valence-electron chi connectivity index (χ4n) is 5.92. The Kier molecular flexibility index (Phi) is 7.76. The van der Waals surface area contributed by atoms with Crippen molar-refractivity contribution in [1.82, 2.24) is 10.2 Å². The highest BCUT2D eigenvalue weighted by Gasteiger charge is 2.57. The lowest BCUT2D eigenvalue weighted by Gasteiger charge is -2.50. The lowest BCUT2D eigenvalue weighted by atomic mass is 9.54. The number of primary amides is 1. The zero-order valence-electron chi connectivity index (χ0n) is 22.5. The van der Waals surface area contributed by atoms with Crippen molar-refractivity contribution in [3.05, 3.63) is 0 Å². The maximum Gasteiger partial charge on any atom is 0.287 e. The summed E-state index contributed by atoms with van der Waals surface area (Å²) < 4.78 is 0. The maximum atomic E-state index is 13.7. The topological polar surface area (TPSA) is 136 Å². The molecule has 3 amide bonds. The standard InChI is InChI=1S/C27H46N4O4/c1-25(2,3)21(28)24(35)31-15-27(6,26(4,5)17-11-8-12-17)14-19(31)23(34)30-18(20(32)22(29)33)13-16-9-7-10-16/h16-19,21H,7-15,28H2,1-6H3,(H2,29,33)(H,30,34)/t18?,19?,21-,27-/m0/s1. The molecule has 3 rings (SSSR count). The molecule has 2 saturated carbocycles. The zero-order chi connectivity index (χ0) is 26.3. The van der Waals surface area contributed by atoms with Crippen LogP contribution in [0.15, 0.2) is 0 Å². The molecule has 2 unspecified atom stereocenters. The van der Waals surface area contributed by atoms with Crippen molar-refractivity contribution < 1.29 is 19.2 Å². The number of nitrogens with zero attached hydrogens (tertiary/aromatic N) is 1. The van der Waals surface area contributed by atoms with E-state index in [1.807, 2.05) is 20.8 Å². The average molecular weight is 491 g/mol. The van der Waals surface area contributed by atoms with Crippen molar-refractivity contribution in [3.8, 4) is 0 Å². The minimum absolute atomic E-state index is 0.0704. The number of hydrogen-bond donors (Lipinski definition) is 3. The SMILES string of the molecule is CC(C)(C)[C@@H](N)C(=O)N1C[C@@](C)(C(C)(C)C2CCC2)CC1C(=O)NC(CC1CCC1)C(=O)C(N)=O. The van der Waals surface area contributed by atoms with Crippen molar-refractivity contribution in [2.24, 2.45) is 39.5 Å². The number of ketones is 1. The molecule has 3 aliphatic rings. The zero-order valence-corrected chi connectivity index (χ0v) is 22.5. The lowest BCUT2D eigenvalue weighted by Crippen LogP contribution is -2.57. The van der Waals surface area contributed by atoms with Crippen LogP contribution in [-0.2, 0) is 19.2 Å². The lowest BCUT2D eigenvalue weighted by molar-refractivity contribution is -0.143. The van der Waals surface area contributed by atoms with Gasteiger partial charge in [-0.15, -0.1) is 0 Å². The molecule has 1 aliphatic heterocycles. The molecule has 0 bridgehead atoms. The van der Waals surface area contributed by atoms with Crippen LogP contribution in [-0.4, -0.2) is 53.1 Å². The Bertz CT molecular complexity index is 856. The van der Waals surface area contributed by atoms with Gasteiger partial charge in [-0.25, -0.2) is 0 Å². The normalized spacial score (nSPS) is 27.5.